The second-order valence-electron chi connectivity index (χ2n) is 3.46. The Morgan fingerprint density at radius 3 is 2.83 bits per heavy atom. The van der Waals surface area contributed by atoms with Gasteiger partial charge in [0.2, 0.25) is 5.95 Å². The highest BCUT2D eigenvalue weighted by Crippen LogP contribution is 2.10. The standard InChI is InChI=1S/C10H15N7O/c1-3-5-18-10-15-8(12-4-2)14-9(16-10)17-7-11-6-13-17/h6-7H,3-5H2,1-2H3,(H,12,14,15,16). The zero-order valence-corrected chi connectivity index (χ0v) is 10.4. The summed E-state index contributed by atoms with van der Waals surface area (Å²) in [5.74, 6) is 0.841. The highest BCUT2D eigenvalue weighted by molar-refractivity contribution is 5.29. The van der Waals surface area contributed by atoms with Crippen LogP contribution in [0.15, 0.2) is 12.7 Å². The van der Waals surface area contributed by atoms with Crippen molar-refractivity contribution in [3.8, 4) is 12.0 Å². The molecule has 2 aromatic heterocycles. The molecule has 0 aromatic carbocycles. The Morgan fingerprint density at radius 1 is 1.28 bits per heavy atom. The summed E-state index contributed by atoms with van der Waals surface area (Å²) >= 11 is 0. The third-order valence-corrected chi connectivity index (χ3v) is 2.00. The van der Waals surface area contributed by atoms with Crippen molar-refractivity contribution in [1.29, 1.82) is 0 Å². The van der Waals surface area contributed by atoms with Crippen LogP contribution in [0.4, 0.5) is 5.95 Å². The highest BCUT2D eigenvalue weighted by Gasteiger charge is 2.09. The van der Waals surface area contributed by atoms with Gasteiger partial charge in [-0.05, 0) is 13.3 Å². The summed E-state index contributed by atoms with van der Waals surface area (Å²) in [6.07, 6.45) is 3.83. The van der Waals surface area contributed by atoms with Crippen molar-refractivity contribution in [3.05, 3.63) is 12.7 Å². The van der Waals surface area contributed by atoms with Crippen molar-refractivity contribution in [3.63, 3.8) is 0 Å². The Labute approximate surface area is 104 Å². The molecule has 0 unspecified atom stereocenters. The van der Waals surface area contributed by atoms with E-state index in [0.717, 1.165) is 6.42 Å². The van der Waals surface area contributed by atoms with Crippen LogP contribution in [-0.4, -0.2) is 42.9 Å². The molecule has 18 heavy (non-hydrogen) atoms. The summed E-state index contributed by atoms with van der Waals surface area (Å²) in [6, 6.07) is 0.285. The molecule has 0 saturated heterocycles. The van der Waals surface area contributed by atoms with Crippen molar-refractivity contribution in [2.45, 2.75) is 20.3 Å². The number of nitrogens with zero attached hydrogens (tertiary/aromatic N) is 6. The Hall–Kier alpha value is -2.25. The zero-order valence-electron chi connectivity index (χ0n) is 10.4. The van der Waals surface area contributed by atoms with Gasteiger partial charge < -0.3 is 10.1 Å². The zero-order chi connectivity index (χ0) is 12.8. The van der Waals surface area contributed by atoms with E-state index < -0.39 is 0 Å². The molecule has 0 fully saturated rings. The molecule has 2 rings (SSSR count). The third-order valence-electron chi connectivity index (χ3n) is 2.00. The fourth-order valence-corrected chi connectivity index (χ4v) is 1.25. The topological polar surface area (TPSA) is 90.6 Å². The summed E-state index contributed by atoms with van der Waals surface area (Å²) in [5.41, 5.74) is 0. The van der Waals surface area contributed by atoms with Crippen LogP contribution in [0, 0.1) is 0 Å². The molecule has 0 aliphatic carbocycles. The average Bonchev–Trinajstić information content (AvgIpc) is 2.90. The first-order valence-corrected chi connectivity index (χ1v) is 5.81. The van der Waals surface area contributed by atoms with E-state index in [1.807, 2.05) is 13.8 Å². The molecular weight excluding hydrogens is 234 g/mol. The third kappa shape index (κ3) is 2.90. The molecule has 8 nitrogen and oxygen atoms in total. The number of ether oxygens (including phenoxy) is 1. The molecule has 0 bridgehead atoms. The number of rotatable bonds is 6. The first-order chi connectivity index (χ1) is 8.83. The lowest BCUT2D eigenvalue weighted by atomic mass is 10.5. The first-order valence-electron chi connectivity index (χ1n) is 5.81. The minimum absolute atomic E-state index is 0.285. The summed E-state index contributed by atoms with van der Waals surface area (Å²) in [5, 5.41) is 7.00. The van der Waals surface area contributed by atoms with Gasteiger partial charge in [0.15, 0.2) is 0 Å². The lowest BCUT2D eigenvalue weighted by molar-refractivity contribution is 0.291. The van der Waals surface area contributed by atoms with E-state index in [1.165, 1.54) is 17.3 Å². The van der Waals surface area contributed by atoms with E-state index in [4.69, 9.17) is 4.74 Å². The van der Waals surface area contributed by atoms with Gasteiger partial charge in [-0.15, -0.1) is 0 Å². The fraction of sp³-hybridized carbons (Fsp3) is 0.500. The van der Waals surface area contributed by atoms with E-state index in [2.05, 4.69) is 30.4 Å². The molecule has 0 spiro atoms. The highest BCUT2D eigenvalue weighted by atomic mass is 16.5. The Balaban J connectivity index is 2.30. The van der Waals surface area contributed by atoms with Crippen LogP contribution in [0.5, 0.6) is 6.01 Å². The number of hydrogen-bond acceptors (Lipinski definition) is 7. The molecule has 0 atom stereocenters. The molecule has 8 heteroatoms. The quantitative estimate of drug-likeness (QED) is 0.804. The van der Waals surface area contributed by atoms with Gasteiger partial charge in [0, 0.05) is 6.54 Å². The van der Waals surface area contributed by atoms with Crippen molar-refractivity contribution in [1.82, 2.24) is 29.7 Å². The van der Waals surface area contributed by atoms with E-state index in [-0.39, 0.29) is 6.01 Å². The molecule has 0 aliphatic heterocycles. The lowest BCUT2D eigenvalue weighted by Crippen LogP contribution is -2.11. The monoisotopic (exact) mass is 249 g/mol. The van der Waals surface area contributed by atoms with Gasteiger partial charge in [-0.25, -0.2) is 4.98 Å². The number of anilines is 1. The van der Waals surface area contributed by atoms with Crippen LogP contribution in [0.1, 0.15) is 20.3 Å². The van der Waals surface area contributed by atoms with Crippen LogP contribution in [0.25, 0.3) is 5.95 Å². The Kier molecular flexibility index (Phi) is 4.00. The minimum atomic E-state index is 0.285. The second-order valence-corrected chi connectivity index (χ2v) is 3.46. The van der Waals surface area contributed by atoms with Crippen LogP contribution < -0.4 is 10.1 Å². The Bertz CT molecular complexity index is 485. The van der Waals surface area contributed by atoms with Gasteiger partial charge in [-0.1, -0.05) is 6.92 Å². The predicted octanol–water partition coefficient (Wildman–Crippen LogP) is 0.673. The van der Waals surface area contributed by atoms with E-state index in [1.54, 1.807) is 0 Å². The predicted molar refractivity (Wildman–Crippen MR) is 64.7 cm³/mol. The number of nitrogens with one attached hydrogen (secondary N) is 1. The summed E-state index contributed by atoms with van der Waals surface area (Å²) in [7, 11) is 0. The van der Waals surface area contributed by atoms with Gasteiger partial charge >= 0.3 is 6.01 Å². The van der Waals surface area contributed by atoms with Crippen LogP contribution in [0.2, 0.25) is 0 Å². The minimum Gasteiger partial charge on any atom is -0.463 e. The second kappa shape index (κ2) is 5.89. The van der Waals surface area contributed by atoms with Crippen LogP contribution in [-0.2, 0) is 0 Å². The SMILES string of the molecule is CCCOc1nc(NCC)nc(-n2cncn2)n1. The maximum absolute atomic E-state index is 5.42. The van der Waals surface area contributed by atoms with Crippen molar-refractivity contribution < 1.29 is 4.74 Å². The first kappa shape index (κ1) is 12.2. The normalized spacial score (nSPS) is 10.3. The van der Waals surface area contributed by atoms with E-state index >= 15 is 0 Å². The molecule has 1 N–H and O–H groups in total. The lowest BCUT2D eigenvalue weighted by Gasteiger charge is -2.07. The molecule has 0 amide bonds. The molecule has 96 valence electrons. The van der Waals surface area contributed by atoms with E-state index in [9.17, 15) is 0 Å². The largest absolute Gasteiger partial charge is 0.463 e. The smallest absolute Gasteiger partial charge is 0.323 e. The van der Waals surface area contributed by atoms with Crippen LogP contribution >= 0.6 is 0 Å². The van der Waals surface area contributed by atoms with Gasteiger partial charge in [0.1, 0.15) is 12.7 Å². The van der Waals surface area contributed by atoms with Gasteiger partial charge in [0.25, 0.3) is 5.95 Å². The summed E-state index contributed by atoms with van der Waals surface area (Å²) in [6.45, 7) is 5.26. The van der Waals surface area contributed by atoms with E-state index in [0.29, 0.717) is 25.0 Å². The maximum Gasteiger partial charge on any atom is 0.323 e. The number of hydrogen-bond donors (Lipinski definition) is 1. The van der Waals surface area contributed by atoms with Gasteiger partial charge in [0.05, 0.1) is 6.61 Å². The van der Waals surface area contributed by atoms with Crippen molar-refractivity contribution >= 4 is 5.95 Å². The molecule has 0 saturated carbocycles. The Morgan fingerprint density at radius 2 is 2.17 bits per heavy atom. The molecular formula is C10H15N7O. The van der Waals surface area contributed by atoms with Gasteiger partial charge in [-0.2, -0.15) is 24.7 Å². The van der Waals surface area contributed by atoms with Crippen molar-refractivity contribution in [2.75, 3.05) is 18.5 Å². The van der Waals surface area contributed by atoms with Crippen LogP contribution in [0.3, 0.4) is 0 Å². The fourth-order valence-electron chi connectivity index (χ4n) is 1.25. The van der Waals surface area contributed by atoms with Gasteiger partial charge in [-0.3, -0.25) is 0 Å². The molecule has 0 radical (unpaired) electrons. The molecule has 2 aromatic rings. The summed E-state index contributed by atoms with van der Waals surface area (Å²) < 4.78 is 6.88. The number of aromatic nitrogens is 6. The van der Waals surface area contributed by atoms with Crippen molar-refractivity contribution in [2.24, 2.45) is 0 Å². The summed E-state index contributed by atoms with van der Waals surface area (Å²) in [4.78, 5) is 16.4. The maximum atomic E-state index is 5.42. The molecule has 0 aliphatic rings. The average molecular weight is 249 g/mol. The molecule has 2 heterocycles.